The van der Waals surface area contributed by atoms with Gasteiger partial charge in [-0.3, -0.25) is 0 Å². The molecule has 0 spiro atoms. The van der Waals surface area contributed by atoms with E-state index in [4.69, 9.17) is 10.3 Å². The summed E-state index contributed by atoms with van der Waals surface area (Å²) in [5.41, 5.74) is 4.86. The van der Waals surface area contributed by atoms with Gasteiger partial charge in [-0.2, -0.15) is 0 Å². The minimum Gasteiger partial charge on any atom is -0.399 e. The molecule has 1 unspecified atom stereocenters. The van der Waals surface area contributed by atoms with Crippen LogP contribution in [0.1, 0.15) is 0 Å². The van der Waals surface area contributed by atoms with E-state index in [-0.39, 0.29) is 23.7 Å². The van der Waals surface area contributed by atoms with E-state index >= 15 is 0 Å². The molecule has 0 aliphatic carbocycles. The number of nitrogens with two attached hydrogens (primary N) is 1. The largest absolute Gasteiger partial charge is 0.399 e. The molecule has 0 aromatic heterocycles. The number of nitrogens with one attached hydrogen (secondary N) is 1. The second-order valence-corrected chi connectivity index (χ2v) is 3.86. The Balaban J connectivity index is 2.72. The van der Waals surface area contributed by atoms with E-state index in [1.807, 2.05) is 0 Å². The molecule has 1 aromatic carbocycles. The molecular formula is C8H10F2N2O2S. The van der Waals surface area contributed by atoms with Crippen LogP contribution in [0.15, 0.2) is 12.1 Å². The molecular weight excluding hydrogens is 226 g/mol. The summed E-state index contributed by atoms with van der Waals surface area (Å²) in [5, 5.41) is 2.38. The van der Waals surface area contributed by atoms with Crippen LogP contribution in [0.25, 0.3) is 0 Å². The van der Waals surface area contributed by atoms with Crippen LogP contribution < -0.4 is 11.1 Å². The Bertz CT molecular complexity index is 364. The summed E-state index contributed by atoms with van der Waals surface area (Å²) in [4.78, 5) is 0. The molecule has 0 aliphatic heterocycles. The first-order chi connectivity index (χ1) is 7.00. The molecule has 84 valence electrons. The van der Waals surface area contributed by atoms with Gasteiger partial charge >= 0.3 is 0 Å². The summed E-state index contributed by atoms with van der Waals surface area (Å²) in [7, 11) is 0. The molecule has 0 heterocycles. The Morgan fingerprint density at radius 3 is 2.40 bits per heavy atom. The Morgan fingerprint density at radius 1 is 1.40 bits per heavy atom. The first-order valence-corrected chi connectivity index (χ1v) is 5.34. The molecule has 1 aromatic rings. The van der Waals surface area contributed by atoms with Gasteiger partial charge in [0.05, 0.1) is 5.75 Å². The second kappa shape index (κ2) is 5.04. The monoisotopic (exact) mass is 236 g/mol. The summed E-state index contributed by atoms with van der Waals surface area (Å²) in [6.07, 6.45) is 0. The maximum Gasteiger partial charge on any atom is 0.154 e. The lowest BCUT2D eigenvalue weighted by atomic mass is 10.2. The van der Waals surface area contributed by atoms with Crippen molar-refractivity contribution in [2.24, 2.45) is 0 Å². The van der Waals surface area contributed by atoms with Crippen LogP contribution in [0.2, 0.25) is 0 Å². The van der Waals surface area contributed by atoms with Crippen molar-refractivity contribution < 1.29 is 17.5 Å². The topological polar surface area (TPSA) is 75.3 Å². The molecule has 1 rings (SSSR count). The van der Waals surface area contributed by atoms with E-state index in [0.29, 0.717) is 0 Å². The van der Waals surface area contributed by atoms with Crippen molar-refractivity contribution in [3.8, 4) is 0 Å². The predicted molar refractivity (Wildman–Crippen MR) is 54.9 cm³/mol. The Hall–Kier alpha value is -1.21. The number of hydrogen-bond donors (Lipinski definition) is 3. The van der Waals surface area contributed by atoms with Crippen molar-refractivity contribution in [2.75, 3.05) is 23.3 Å². The Labute approximate surface area is 87.8 Å². The Kier molecular flexibility index (Phi) is 3.98. The van der Waals surface area contributed by atoms with Crippen LogP contribution >= 0.6 is 0 Å². The van der Waals surface area contributed by atoms with Crippen molar-refractivity contribution in [3.63, 3.8) is 0 Å². The first-order valence-electron chi connectivity index (χ1n) is 4.06. The van der Waals surface area contributed by atoms with Gasteiger partial charge in [-0.1, -0.05) is 0 Å². The number of halogens is 2. The zero-order chi connectivity index (χ0) is 11.4. The smallest absolute Gasteiger partial charge is 0.154 e. The van der Waals surface area contributed by atoms with Gasteiger partial charge < -0.3 is 15.6 Å². The lowest BCUT2D eigenvalue weighted by Gasteiger charge is -2.08. The quantitative estimate of drug-likeness (QED) is 0.542. The van der Waals surface area contributed by atoms with Crippen LogP contribution in [-0.2, 0) is 11.1 Å². The van der Waals surface area contributed by atoms with E-state index in [9.17, 15) is 13.0 Å². The molecule has 0 saturated carbocycles. The average molecular weight is 236 g/mol. The van der Waals surface area contributed by atoms with E-state index in [1.165, 1.54) is 0 Å². The summed E-state index contributed by atoms with van der Waals surface area (Å²) in [6.45, 7) is 0.000862. The molecule has 7 heteroatoms. The van der Waals surface area contributed by atoms with Crippen molar-refractivity contribution in [1.82, 2.24) is 0 Å². The minimum absolute atomic E-state index is 0.000862. The standard InChI is InChI=1S/C8H10F2N2O2S/c9-6-3-5(11)4-7(10)8(6)12-1-2-15(13)14/h3-4,12H,1-2,11H2,(H,13,14). The van der Waals surface area contributed by atoms with Crippen LogP contribution in [-0.4, -0.2) is 21.1 Å². The van der Waals surface area contributed by atoms with Gasteiger partial charge in [0.2, 0.25) is 0 Å². The second-order valence-electron chi connectivity index (χ2n) is 2.81. The van der Waals surface area contributed by atoms with Gasteiger partial charge in [0.1, 0.15) is 5.69 Å². The normalized spacial score (nSPS) is 12.5. The summed E-state index contributed by atoms with van der Waals surface area (Å²) >= 11 is -1.99. The van der Waals surface area contributed by atoms with Crippen molar-refractivity contribution in [2.45, 2.75) is 0 Å². The molecule has 0 aliphatic rings. The molecule has 0 radical (unpaired) electrons. The van der Waals surface area contributed by atoms with E-state index in [2.05, 4.69) is 5.32 Å². The number of anilines is 2. The van der Waals surface area contributed by atoms with Crippen molar-refractivity contribution in [3.05, 3.63) is 23.8 Å². The molecule has 1 atom stereocenters. The van der Waals surface area contributed by atoms with E-state index in [1.54, 1.807) is 0 Å². The SMILES string of the molecule is Nc1cc(F)c(NCCS(=O)O)c(F)c1. The highest BCUT2D eigenvalue weighted by Crippen LogP contribution is 2.21. The fraction of sp³-hybridized carbons (Fsp3) is 0.250. The van der Waals surface area contributed by atoms with Crippen LogP contribution in [0.4, 0.5) is 20.2 Å². The van der Waals surface area contributed by atoms with Gasteiger partial charge in [0.15, 0.2) is 22.7 Å². The molecule has 0 saturated heterocycles. The summed E-state index contributed by atoms with van der Waals surface area (Å²) in [6, 6.07) is 1.95. The molecule has 15 heavy (non-hydrogen) atoms. The minimum atomic E-state index is -1.99. The van der Waals surface area contributed by atoms with Gasteiger partial charge in [0, 0.05) is 12.2 Å². The fourth-order valence-electron chi connectivity index (χ4n) is 1.02. The maximum absolute atomic E-state index is 13.1. The Morgan fingerprint density at radius 2 is 1.93 bits per heavy atom. The highest BCUT2D eigenvalue weighted by molar-refractivity contribution is 7.79. The highest BCUT2D eigenvalue weighted by Gasteiger charge is 2.09. The van der Waals surface area contributed by atoms with Gasteiger partial charge in [-0.15, -0.1) is 0 Å². The van der Waals surface area contributed by atoms with Crippen molar-refractivity contribution >= 4 is 22.5 Å². The predicted octanol–water partition coefficient (Wildman–Crippen LogP) is 1.18. The number of nitrogen functional groups attached to an aromatic ring is 1. The third-order valence-corrected chi connectivity index (χ3v) is 2.20. The highest BCUT2D eigenvalue weighted by atomic mass is 32.2. The molecule has 0 fully saturated rings. The molecule has 4 N–H and O–H groups in total. The summed E-state index contributed by atoms with van der Waals surface area (Å²) < 4.78 is 44.9. The maximum atomic E-state index is 13.1. The van der Waals surface area contributed by atoms with Crippen LogP contribution in [0.5, 0.6) is 0 Å². The van der Waals surface area contributed by atoms with Gasteiger partial charge in [-0.05, 0) is 12.1 Å². The number of hydrogen-bond acceptors (Lipinski definition) is 3. The zero-order valence-electron chi connectivity index (χ0n) is 7.67. The number of benzene rings is 1. The van der Waals surface area contributed by atoms with E-state index < -0.39 is 22.7 Å². The van der Waals surface area contributed by atoms with Crippen molar-refractivity contribution in [1.29, 1.82) is 0 Å². The molecule has 0 amide bonds. The lowest BCUT2D eigenvalue weighted by molar-refractivity contribution is 0.563. The van der Waals surface area contributed by atoms with E-state index in [0.717, 1.165) is 12.1 Å². The van der Waals surface area contributed by atoms with Crippen LogP contribution in [0, 0.1) is 11.6 Å². The fourth-order valence-corrected chi connectivity index (χ4v) is 1.30. The first kappa shape index (κ1) is 11.9. The average Bonchev–Trinajstić information content (AvgIpc) is 2.08. The zero-order valence-corrected chi connectivity index (χ0v) is 8.48. The third kappa shape index (κ3) is 3.45. The molecule has 4 nitrogen and oxygen atoms in total. The van der Waals surface area contributed by atoms with Crippen LogP contribution in [0.3, 0.4) is 0 Å². The molecule has 0 bridgehead atoms. The summed E-state index contributed by atoms with van der Waals surface area (Å²) in [5.74, 6) is -1.75. The third-order valence-electron chi connectivity index (χ3n) is 1.64. The lowest BCUT2D eigenvalue weighted by Crippen LogP contribution is -2.12. The van der Waals surface area contributed by atoms with Gasteiger partial charge in [0.25, 0.3) is 0 Å². The number of rotatable bonds is 4. The van der Waals surface area contributed by atoms with Gasteiger partial charge in [-0.25, -0.2) is 13.0 Å².